The fraction of sp³-hybridized carbons (Fsp3) is 0.588. The normalized spacial score (nSPS) is 17.2. The molecule has 0 saturated carbocycles. The summed E-state index contributed by atoms with van der Waals surface area (Å²) in [5.41, 5.74) is 1.70. The zero-order valence-electron chi connectivity index (χ0n) is 14.2. The van der Waals surface area contributed by atoms with E-state index in [0.717, 1.165) is 30.3 Å². The largest absolute Gasteiger partial charge is 0.393 e. The highest BCUT2D eigenvalue weighted by Gasteiger charge is 2.15. The molecule has 1 aliphatic heterocycles. The lowest BCUT2D eigenvalue weighted by molar-refractivity contribution is 0.163. The van der Waals surface area contributed by atoms with Crippen molar-refractivity contribution in [3.63, 3.8) is 0 Å². The smallest absolute Gasteiger partial charge is 0.319 e. The maximum atomic E-state index is 12.0. The molecule has 1 saturated heterocycles. The van der Waals surface area contributed by atoms with Crippen LogP contribution in [0.15, 0.2) is 18.2 Å². The second-order valence-electron chi connectivity index (χ2n) is 6.29. The first-order chi connectivity index (χ1) is 11.5. The van der Waals surface area contributed by atoms with Crippen molar-refractivity contribution in [1.29, 1.82) is 0 Å². The molecular weight excluding hydrogens is 346 g/mol. The molecule has 1 fully saturated rings. The second kappa shape index (κ2) is 9.39. The number of amides is 2. The molecule has 1 aromatic rings. The van der Waals surface area contributed by atoms with Gasteiger partial charge in [0.1, 0.15) is 0 Å². The lowest BCUT2D eigenvalue weighted by Gasteiger charge is -2.29. The summed E-state index contributed by atoms with van der Waals surface area (Å²) in [4.78, 5) is 14.2. The van der Waals surface area contributed by atoms with Crippen LogP contribution in [-0.4, -0.2) is 48.4 Å². The van der Waals surface area contributed by atoms with E-state index in [9.17, 15) is 9.90 Å². The number of thioether (sulfide) groups is 1. The van der Waals surface area contributed by atoms with Gasteiger partial charge in [-0.25, -0.2) is 4.79 Å². The van der Waals surface area contributed by atoms with Gasteiger partial charge in [0, 0.05) is 36.8 Å². The van der Waals surface area contributed by atoms with E-state index >= 15 is 0 Å². The number of hydrogen-bond acceptors (Lipinski definition) is 4. The minimum Gasteiger partial charge on any atom is -0.393 e. The molecule has 2 atom stereocenters. The predicted molar refractivity (Wildman–Crippen MR) is 103 cm³/mol. The number of carbonyl (C=O) groups is 1. The Balaban J connectivity index is 1.86. The zero-order chi connectivity index (χ0) is 17.5. The van der Waals surface area contributed by atoms with Crippen molar-refractivity contribution in [1.82, 2.24) is 5.32 Å². The van der Waals surface area contributed by atoms with E-state index in [2.05, 4.69) is 15.5 Å². The van der Waals surface area contributed by atoms with Crippen molar-refractivity contribution in [2.45, 2.75) is 26.4 Å². The number of aliphatic hydroxyl groups excluding tert-OH is 1. The van der Waals surface area contributed by atoms with Gasteiger partial charge in [-0.05, 0) is 37.5 Å². The summed E-state index contributed by atoms with van der Waals surface area (Å²) in [5, 5.41) is 15.6. The number of anilines is 2. The van der Waals surface area contributed by atoms with Gasteiger partial charge in [0.15, 0.2) is 0 Å². The summed E-state index contributed by atoms with van der Waals surface area (Å²) in [7, 11) is 0. The number of rotatable bonds is 6. The third kappa shape index (κ3) is 6.07. The minimum atomic E-state index is -0.357. The molecule has 2 rings (SSSR count). The molecule has 1 heterocycles. The molecule has 1 aromatic carbocycles. The molecule has 3 N–H and O–H groups in total. The molecule has 0 aliphatic carbocycles. The molecule has 1 aliphatic rings. The number of nitrogens with zero attached hydrogens (tertiary/aromatic N) is 1. The van der Waals surface area contributed by atoms with Gasteiger partial charge in [-0.1, -0.05) is 18.5 Å². The summed E-state index contributed by atoms with van der Waals surface area (Å²) in [6.45, 7) is 6.27. The monoisotopic (exact) mass is 371 g/mol. The fourth-order valence-electron chi connectivity index (χ4n) is 2.75. The Morgan fingerprint density at radius 3 is 2.71 bits per heavy atom. The molecule has 5 nitrogen and oxygen atoms in total. The van der Waals surface area contributed by atoms with Crippen LogP contribution in [0.1, 0.15) is 20.3 Å². The van der Waals surface area contributed by atoms with Crippen molar-refractivity contribution in [3.8, 4) is 0 Å². The molecule has 134 valence electrons. The zero-order valence-corrected chi connectivity index (χ0v) is 15.8. The quantitative estimate of drug-likeness (QED) is 0.716. The molecule has 0 spiro atoms. The molecule has 24 heavy (non-hydrogen) atoms. The summed E-state index contributed by atoms with van der Waals surface area (Å²) < 4.78 is 0. The minimum absolute atomic E-state index is 0.221. The molecule has 7 heteroatoms. The van der Waals surface area contributed by atoms with Gasteiger partial charge in [0.05, 0.1) is 16.8 Å². The van der Waals surface area contributed by atoms with Gasteiger partial charge in [0.25, 0.3) is 0 Å². The number of urea groups is 1. The Kier molecular flexibility index (Phi) is 7.52. The Hall–Kier alpha value is -1.11. The highest BCUT2D eigenvalue weighted by Crippen LogP contribution is 2.30. The molecule has 2 unspecified atom stereocenters. The molecule has 0 radical (unpaired) electrons. The fourth-order valence-corrected chi connectivity index (χ4v) is 3.96. The standard InChI is InChI=1S/C17H26ClN3O2S/c1-12(9-13(2)22)11-19-17(23)20-14-3-4-16(15(18)10-14)21-5-7-24-8-6-21/h3-4,10,12-13,22H,5-9,11H2,1-2H3,(H2,19,20,23). The van der Waals surface area contributed by atoms with E-state index in [0.29, 0.717) is 23.7 Å². The highest BCUT2D eigenvalue weighted by molar-refractivity contribution is 7.99. The maximum Gasteiger partial charge on any atom is 0.319 e. The van der Waals surface area contributed by atoms with Gasteiger partial charge >= 0.3 is 6.03 Å². The highest BCUT2D eigenvalue weighted by atomic mass is 35.5. The van der Waals surface area contributed by atoms with Crippen LogP contribution >= 0.6 is 23.4 Å². The summed E-state index contributed by atoms with van der Waals surface area (Å²) in [6.07, 6.45) is 0.305. The second-order valence-corrected chi connectivity index (χ2v) is 7.92. The SMILES string of the molecule is CC(O)CC(C)CNC(=O)Nc1ccc(N2CCSCC2)c(Cl)c1. The number of halogens is 1. The molecular formula is C17H26ClN3O2S. The number of carbonyl (C=O) groups excluding carboxylic acids is 1. The number of nitrogens with one attached hydrogen (secondary N) is 2. The van der Waals surface area contributed by atoms with Crippen LogP contribution in [0.2, 0.25) is 5.02 Å². The first-order valence-electron chi connectivity index (χ1n) is 8.31. The van der Waals surface area contributed by atoms with Crippen molar-refractivity contribution >= 4 is 40.8 Å². The number of aliphatic hydroxyl groups is 1. The lowest BCUT2D eigenvalue weighted by Crippen LogP contribution is -2.33. The van der Waals surface area contributed by atoms with Crippen LogP contribution in [-0.2, 0) is 0 Å². The van der Waals surface area contributed by atoms with E-state index in [-0.39, 0.29) is 18.1 Å². The van der Waals surface area contributed by atoms with Crippen molar-refractivity contribution < 1.29 is 9.90 Å². The van der Waals surface area contributed by atoms with Crippen LogP contribution in [0, 0.1) is 5.92 Å². The Bertz CT molecular complexity index is 551. The summed E-state index contributed by atoms with van der Waals surface area (Å²) in [6, 6.07) is 5.37. The van der Waals surface area contributed by atoms with E-state index in [1.807, 2.05) is 30.8 Å². The summed E-state index contributed by atoms with van der Waals surface area (Å²) in [5.74, 6) is 2.45. The van der Waals surface area contributed by atoms with Gasteiger partial charge in [-0.2, -0.15) is 11.8 Å². The van der Waals surface area contributed by atoms with Crippen molar-refractivity contribution in [2.75, 3.05) is 41.4 Å². The Labute approximate surface area is 153 Å². The van der Waals surface area contributed by atoms with Gasteiger partial charge in [-0.3, -0.25) is 0 Å². The summed E-state index contributed by atoms with van der Waals surface area (Å²) >= 11 is 8.34. The molecule has 0 aromatic heterocycles. The van der Waals surface area contributed by atoms with Gasteiger partial charge < -0.3 is 20.6 Å². The average Bonchev–Trinajstić information content (AvgIpc) is 2.53. The third-order valence-corrected chi connectivity index (χ3v) is 5.16. The maximum absolute atomic E-state index is 12.0. The Morgan fingerprint density at radius 1 is 1.38 bits per heavy atom. The van der Waals surface area contributed by atoms with Crippen molar-refractivity contribution in [3.05, 3.63) is 23.2 Å². The molecule has 2 amide bonds. The first kappa shape index (κ1) is 19.2. The van der Waals surface area contributed by atoms with Crippen molar-refractivity contribution in [2.24, 2.45) is 5.92 Å². The third-order valence-electron chi connectivity index (χ3n) is 3.91. The number of hydrogen-bond donors (Lipinski definition) is 3. The topological polar surface area (TPSA) is 64.6 Å². The van der Waals surface area contributed by atoms with Crippen LogP contribution in [0.25, 0.3) is 0 Å². The first-order valence-corrected chi connectivity index (χ1v) is 9.84. The Morgan fingerprint density at radius 2 is 2.08 bits per heavy atom. The lowest BCUT2D eigenvalue weighted by atomic mass is 10.1. The molecule has 0 bridgehead atoms. The van der Waals surface area contributed by atoms with E-state index in [1.54, 1.807) is 13.0 Å². The van der Waals surface area contributed by atoms with E-state index < -0.39 is 0 Å². The van der Waals surface area contributed by atoms with Crippen LogP contribution < -0.4 is 15.5 Å². The van der Waals surface area contributed by atoms with Crippen LogP contribution in [0.3, 0.4) is 0 Å². The van der Waals surface area contributed by atoms with E-state index in [4.69, 9.17) is 11.6 Å². The van der Waals surface area contributed by atoms with E-state index in [1.165, 1.54) is 0 Å². The van der Waals surface area contributed by atoms with Gasteiger partial charge in [-0.15, -0.1) is 0 Å². The van der Waals surface area contributed by atoms with Crippen LogP contribution in [0.4, 0.5) is 16.2 Å². The predicted octanol–water partition coefficient (Wildman–Crippen LogP) is 3.42. The van der Waals surface area contributed by atoms with Gasteiger partial charge in [0.2, 0.25) is 0 Å². The van der Waals surface area contributed by atoms with Crippen LogP contribution in [0.5, 0.6) is 0 Å². The average molecular weight is 372 g/mol. The number of benzene rings is 1.